The van der Waals surface area contributed by atoms with Crippen molar-refractivity contribution >= 4 is 31.7 Å². The first kappa shape index (κ1) is 11.4. The predicted molar refractivity (Wildman–Crippen MR) is 60.7 cm³/mol. The molecule has 2 saturated heterocycles. The monoisotopic (exact) mass is 295 g/mol. The Kier molecular flexibility index (Phi) is 3.07. The van der Waals surface area contributed by atoms with Gasteiger partial charge in [0.1, 0.15) is 0 Å². The highest BCUT2D eigenvalue weighted by molar-refractivity contribution is 9.09. The summed E-state index contributed by atoms with van der Waals surface area (Å²) in [4.78, 5) is 11.2. The summed E-state index contributed by atoms with van der Waals surface area (Å²) >= 11 is 3.08. The fourth-order valence-corrected chi connectivity index (χ4v) is 5.23. The molecular formula is C9H14BrNO3S. The molecule has 2 rings (SSSR count). The van der Waals surface area contributed by atoms with Crippen LogP contribution in [-0.4, -0.2) is 36.2 Å². The Morgan fingerprint density at radius 1 is 1.27 bits per heavy atom. The summed E-state index contributed by atoms with van der Waals surface area (Å²) in [6.45, 7) is 0. The van der Waals surface area contributed by atoms with Crippen LogP contribution in [0.1, 0.15) is 25.7 Å². The van der Waals surface area contributed by atoms with Crippen molar-refractivity contribution in [2.24, 2.45) is 0 Å². The fraction of sp³-hybridized carbons (Fsp3) is 0.889. The lowest BCUT2D eigenvalue weighted by molar-refractivity contribution is -0.119. The van der Waals surface area contributed by atoms with Gasteiger partial charge in [-0.2, -0.15) is 0 Å². The SMILES string of the molecule is O=C(CBr)NC1CC2CCC(C1)S2(=O)=O. The van der Waals surface area contributed by atoms with Crippen molar-refractivity contribution in [3.8, 4) is 0 Å². The van der Waals surface area contributed by atoms with E-state index in [0.29, 0.717) is 12.8 Å². The highest BCUT2D eigenvalue weighted by atomic mass is 79.9. The first-order chi connectivity index (χ1) is 7.04. The van der Waals surface area contributed by atoms with Crippen molar-refractivity contribution < 1.29 is 13.2 Å². The van der Waals surface area contributed by atoms with Crippen LogP contribution in [0.25, 0.3) is 0 Å². The lowest BCUT2D eigenvalue weighted by Gasteiger charge is -2.28. The van der Waals surface area contributed by atoms with E-state index in [1.807, 2.05) is 0 Å². The van der Waals surface area contributed by atoms with Crippen molar-refractivity contribution in [1.29, 1.82) is 0 Å². The number of carbonyl (C=O) groups is 1. The van der Waals surface area contributed by atoms with Gasteiger partial charge in [0.25, 0.3) is 0 Å². The van der Waals surface area contributed by atoms with Gasteiger partial charge in [-0.1, -0.05) is 15.9 Å². The van der Waals surface area contributed by atoms with E-state index >= 15 is 0 Å². The van der Waals surface area contributed by atoms with Gasteiger partial charge in [0.15, 0.2) is 9.84 Å². The van der Waals surface area contributed by atoms with E-state index in [1.165, 1.54) is 0 Å². The van der Waals surface area contributed by atoms with Crippen LogP contribution in [0.2, 0.25) is 0 Å². The average molecular weight is 296 g/mol. The van der Waals surface area contributed by atoms with Crippen molar-refractivity contribution in [3.63, 3.8) is 0 Å². The summed E-state index contributed by atoms with van der Waals surface area (Å²) in [6, 6.07) is 0.0519. The number of hydrogen-bond donors (Lipinski definition) is 1. The normalized spacial score (nSPS) is 37.5. The van der Waals surface area contributed by atoms with Gasteiger partial charge in [-0.15, -0.1) is 0 Å². The molecule has 0 saturated carbocycles. The van der Waals surface area contributed by atoms with Crippen LogP contribution >= 0.6 is 15.9 Å². The lowest BCUT2D eigenvalue weighted by atomic mass is 10.1. The second-order valence-electron chi connectivity index (χ2n) is 4.28. The third kappa shape index (κ3) is 2.06. The molecule has 2 bridgehead atoms. The van der Waals surface area contributed by atoms with Crippen molar-refractivity contribution in [2.75, 3.05) is 5.33 Å². The van der Waals surface area contributed by atoms with Crippen molar-refractivity contribution in [3.05, 3.63) is 0 Å². The first-order valence-corrected chi connectivity index (χ1v) is 7.85. The Bertz CT molecular complexity index is 348. The Morgan fingerprint density at radius 3 is 2.27 bits per heavy atom. The van der Waals surface area contributed by atoms with E-state index in [2.05, 4.69) is 21.2 Å². The van der Waals surface area contributed by atoms with E-state index in [4.69, 9.17) is 0 Å². The quantitative estimate of drug-likeness (QED) is 0.759. The minimum absolute atomic E-state index is 0.0519. The number of rotatable bonds is 2. The average Bonchev–Trinajstić information content (AvgIpc) is 2.42. The second-order valence-corrected chi connectivity index (χ2v) is 7.35. The van der Waals surface area contributed by atoms with Gasteiger partial charge in [0.2, 0.25) is 5.91 Å². The highest BCUT2D eigenvalue weighted by Crippen LogP contribution is 2.38. The molecule has 2 aliphatic heterocycles. The molecule has 1 N–H and O–H groups in total. The first-order valence-electron chi connectivity index (χ1n) is 5.12. The highest BCUT2D eigenvalue weighted by Gasteiger charge is 2.46. The van der Waals surface area contributed by atoms with Crippen LogP contribution in [0, 0.1) is 0 Å². The van der Waals surface area contributed by atoms with Crippen LogP contribution < -0.4 is 5.32 Å². The summed E-state index contributed by atoms with van der Waals surface area (Å²) in [5, 5.41) is 2.72. The van der Waals surface area contributed by atoms with E-state index in [-0.39, 0.29) is 27.8 Å². The Labute approximate surface area is 97.9 Å². The van der Waals surface area contributed by atoms with Gasteiger partial charge in [-0.3, -0.25) is 4.79 Å². The molecule has 0 aromatic rings. The van der Waals surface area contributed by atoms with Crippen LogP contribution in [0.4, 0.5) is 0 Å². The molecule has 15 heavy (non-hydrogen) atoms. The molecular weight excluding hydrogens is 282 g/mol. The standard InChI is InChI=1S/C9H14BrNO3S/c10-5-9(12)11-6-3-7-1-2-8(4-6)15(7,13)14/h6-8H,1-5H2,(H,11,12). The third-order valence-corrected chi connectivity index (χ3v) is 6.55. The van der Waals surface area contributed by atoms with Crippen molar-refractivity contribution in [2.45, 2.75) is 42.2 Å². The molecule has 0 spiro atoms. The van der Waals surface area contributed by atoms with E-state index in [0.717, 1.165) is 12.8 Å². The fourth-order valence-electron chi connectivity index (χ4n) is 2.59. The molecule has 4 nitrogen and oxygen atoms in total. The van der Waals surface area contributed by atoms with Gasteiger partial charge in [-0.05, 0) is 25.7 Å². The molecule has 2 atom stereocenters. The number of nitrogens with one attached hydrogen (secondary N) is 1. The molecule has 86 valence electrons. The van der Waals surface area contributed by atoms with Gasteiger partial charge >= 0.3 is 0 Å². The van der Waals surface area contributed by atoms with Gasteiger partial charge in [0.05, 0.1) is 15.8 Å². The molecule has 2 aliphatic rings. The Hall–Kier alpha value is -0.100. The molecule has 0 aromatic carbocycles. The van der Waals surface area contributed by atoms with E-state index in [9.17, 15) is 13.2 Å². The predicted octanol–water partition coefficient (Wildman–Crippen LogP) is 0.606. The maximum atomic E-state index is 11.8. The molecule has 6 heteroatoms. The third-order valence-electron chi connectivity index (χ3n) is 3.32. The minimum Gasteiger partial charge on any atom is -0.353 e. The Balaban J connectivity index is 2.03. The molecule has 1 amide bonds. The summed E-state index contributed by atoms with van der Waals surface area (Å²) in [7, 11) is -2.87. The number of sulfone groups is 1. The molecule has 0 aromatic heterocycles. The van der Waals surface area contributed by atoms with Gasteiger partial charge in [0, 0.05) is 6.04 Å². The Morgan fingerprint density at radius 2 is 1.80 bits per heavy atom. The topological polar surface area (TPSA) is 63.2 Å². The number of hydrogen-bond acceptors (Lipinski definition) is 3. The van der Waals surface area contributed by atoms with Crippen LogP contribution in [-0.2, 0) is 14.6 Å². The molecule has 2 heterocycles. The van der Waals surface area contributed by atoms with E-state index in [1.54, 1.807) is 0 Å². The smallest absolute Gasteiger partial charge is 0.230 e. The largest absolute Gasteiger partial charge is 0.353 e. The van der Waals surface area contributed by atoms with Gasteiger partial charge in [-0.25, -0.2) is 8.42 Å². The minimum atomic E-state index is -2.87. The zero-order valence-corrected chi connectivity index (χ0v) is 10.7. The van der Waals surface area contributed by atoms with Crippen LogP contribution in [0.15, 0.2) is 0 Å². The van der Waals surface area contributed by atoms with Crippen molar-refractivity contribution in [1.82, 2.24) is 5.32 Å². The number of carbonyl (C=O) groups excluding carboxylic acids is 1. The molecule has 0 aliphatic carbocycles. The van der Waals surface area contributed by atoms with Crippen LogP contribution in [0.3, 0.4) is 0 Å². The lowest BCUT2D eigenvalue weighted by Crippen LogP contribution is -2.45. The van der Waals surface area contributed by atoms with Crippen LogP contribution in [0.5, 0.6) is 0 Å². The molecule has 2 fully saturated rings. The number of amides is 1. The zero-order chi connectivity index (χ0) is 11.1. The second kappa shape index (κ2) is 4.05. The maximum Gasteiger partial charge on any atom is 0.230 e. The number of halogens is 1. The summed E-state index contributed by atoms with van der Waals surface area (Å²) in [5.74, 6) is -0.0568. The summed E-state index contributed by atoms with van der Waals surface area (Å²) in [5.41, 5.74) is 0. The summed E-state index contributed by atoms with van der Waals surface area (Å²) < 4.78 is 23.5. The summed E-state index contributed by atoms with van der Waals surface area (Å²) in [6.07, 6.45) is 2.73. The molecule has 0 radical (unpaired) electrons. The maximum absolute atomic E-state index is 11.8. The number of alkyl halides is 1. The molecule has 2 unspecified atom stereocenters. The number of fused-ring (bicyclic) bond motifs is 2. The zero-order valence-electron chi connectivity index (χ0n) is 8.28. The van der Waals surface area contributed by atoms with E-state index < -0.39 is 9.84 Å². The van der Waals surface area contributed by atoms with Gasteiger partial charge < -0.3 is 5.32 Å².